The fraction of sp³-hybridized carbons (Fsp3) is 0.276. The first kappa shape index (κ1) is 25.0. The number of anilines is 2. The van der Waals surface area contributed by atoms with Crippen molar-refractivity contribution in [3.63, 3.8) is 0 Å². The molecule has 1 aliphatic heterocycles. The van der Waals surface area contributed by atoms with Crippen LogP contribution in [0.2, 0.25) is 0 Å². The number of nitrogens with zero attached hydrogens (tertiary/aromatic N) is 2. The molecule has 3 aromatic rings. The largest absolute Gasteiger partial charge is 0.497 e. The second-order valence-corrected chi connectivity index (χ2v) is 9.03. The summed E-state index contributed by atoms with van der Waals surface area (Å²) >= 11 is 0. The van der Waals surface area contributed by atoms with E-state index in [1.54, 1.807) is 43.2 Å². The lowest BCUT2D eigenvalue weighted by Gasteiger charge is -2.43. The molecular weight excluding hydrogens is 454 g/mol. The van der Waals surface area contributed by atoms with E-state index in [9.17, 15) is 14.4 Å². The predicted molar refractivity (Wildman–Crippen MR) is 140 cm³/mol. The molecule has 0 unspecified atom stereocenters. The number of rotatable bonds is 6. The molecule has 0 aliphatic carbocycles. The minimum absolute atomic E-state index is 0.0892. The Morgan fingerprint density at radius 3 is 2.39 bits per heavy atom. The molecule has 7 heteroatoms. The maximum absolute atomic E-state index is 13.6. The molecule has 36 heavy (non-hydrogen) atoms. The zero-order valence-corrected chi connectivity index (χ0v) is 21.0. The van der Waals surface area contributed by atoms with Crippen molar-refractivity contribution < 1.29 is 19.1 Å². The summed E-state index contributed by atoms with van der Waals surface area (Å²) in [6.45, 7) is 5.43. The lowest BCUT2D eigenvalue weighted by molar-refractivity contribution is -0.119. The van der Waals surface area contributed by atoms with E-state index < -0.39 is 0 Å². The van der Waals surface area contributed by atoms with Crippen LogP contribution in [-0.4, -0.2) is 30.9 Å². The first-order chi connectivity index (χ1) is 17.3. The Bertz CT molecular complexity index is 1270. The molecule has 7 nitrogen and oxygen atoms in total. The summed E-state index contributed by atoms with van der Waals surface area (Å²) < 4.78 is 5.23. The highest BCUT2D eigenvalue weighted by atomic mass is 16.5. The molecule has 0 spiro atoms. The van der Waals surface area contributed by atoms with Crippen molar-refractivity contribution in [3.8, 4) is 5.75 Å². The molecule has 3 aromatic carbocycles. The van der Waals surface area contributed by atoms with Gasteiger partial charge in [0, 0.05) is 43.4 Å². The van der Waals surface area contributed by atoms with Gasteiger partial charge in [-0.15, -0.1) is 0 Å². The number of benzene rings is 3. The third kappa shape index (κ3) is 5.10. The highest BCUT2D eigenvalue weighted by Crippen LogP contribution is 2.42. The van der Waals surface area contributed by atoms with Crippen molar-refractivity contribution in [1.29, 1.82) is 0 Å². The standard InChI is InChI=1S/C29H31N3O4/c1-19-16-28(32(21(3)34)24-9-7-8-22(17-24)18-30-20(2)33)26-10-5-6-11-27(26)31(19)29(35)23-12-14-25(36-4)15-13-23/h5-15,17,19,28H,16,18H2,1-4H3,(H,30,33)/t19-,28+/m0/s1. The minimum Gasteiger partial charge on any atom is -0.497 e. The van der Waals surface area contributed by atoms with Gasteiger partial charge < -0.3 is 19.9 Å². The van der Waals surface area contributed by atoms with Gasteiger partial charge in [0.2, 0.25) is 11.8 Å². The molecule has 1 aliphatic rings. The Morgan fingerprint density at radius 2 is 1.72 bits per heavy atom. The molecule has 1 N–H and O–H groups in total. The summed E-state index contributed by atoms with van der Waals surface area (Å²) in [4.78, 5) is 41.6. The van der Waals surface area contributed by atoms with E-state index in [0.717, 1.165) is 22.5 Å². The van der Waals surface area contributed by atoms with Gasteiger partial charge in [0.05, 0.1) is 13.2 Å². The molecule has 0 bridgehead atoms. The first-order valence-electron chi connectivity index (χ1n) is 12.0. The van der Waals surface area contributed by atoms with Crippen LogP contribution in [0.25, 0.3) is 0 Å². The van der Waals surface area contributed by atoms with Gasteiger partial charge in [0.1, 0.15) is 5.75 Å². The van der Waals surface area contributed by atoms with Crippen LogP contribution in [-0.2, 0) is 16.1 Å². The van der Waals surface area contributed by atoms with Crippen LogP contribution < -0.4 is 19.9 Å². The number of nitrogens with one attached hydrogen (secondary N) is 1. The minimum atomic E-state index is -0.246. The van der Waals surface area contributed by atoms with Crippen LogP contribution >= 0.6 is 0 Å². The molecule has 0 radical (unpaired) electrons. The molecule has 186 valence electrons. The first-order valence-corrected chi connectivity index (χ1v) is 12.0. The van der Waals surface area contributed by atoms with Crippen molar-refractivity contribution in [2.24, 2.45) is 0 Å². The fourth-order valence-corrected chi connectivity index (χ4v) is 4.83. The Balaban J connectivity index is 1.71. The average Bonchev–Trinajstić information content (AvgIpc) is 2.87. The summed E-state index contributed by atoms with van der Waals surface area (Å²) in [5.74, 6) is 0.397. The maximum Gasteiger partial charge on any atom is 0.258 e. The molecule has 0 saturated heterocycles. The lowest BCUT2D eigenvalue weighted by atomic mass is 9.89. The third-order valence-electron chi connectivity index (χ3n) is 6.50. The smallest absolute Gasteiger partial charge is 0.258 e. The molecule has 0 saturated carbocycles. The molecule has 0 fully saturated rings. The van der Waals surface area contributed by atoms with Crippen molar-refractivity contribution in [1.82, 2.24) is 5.32 Å². The van der Waals surface area contributed by atoms with Crippen molar-refractivity contribution in [3.05, 3.63) is 89.5 Å². The van der Waals surface area contributed by atoms with Crippen molar-refractivity contribution in [2.75, 3.05) is 16.9 Å². The monoisotopic (exact) mass is 485 g/mol. The number of amides is 3. The number of hydrogen-bond acceptors (Lipinski definition) is 4. The van der Waals surface area contributed by atoms with E-state index in [1.807, 2.05) is 60.4 Å². The maximum atomic E-state index is 13.6. The number of hydrogen-bond donors (Lipinski definition) is 1. The van der Waals surface area contributed by atoms with Gasteiger partial charge in [-0.25, -0.2) is 0 Å². The van der Waals surface area contributed by atoms with Gasteiger partial charge in [0.25, 0.3) is 5.91 Å². The predicted octanol–water partition coefficient (Wildman–Crippen LogP) is 4.86. The van der Waals surface area contributed by atoms with Gasteiger partial charge in [-0.05, 0) is 66.9 Å². The van der Waals surface area contributed by atoms with E-state index in [-0.39, 0.29) is 29.8 Å². The number of carbonyl (C=O) groups is 3. The SMILES string of the molecule is COc1ccc(C(=O)N2c3ccccc3[C@H](N(C(C)=O)c3cccc(CNC(C)=O)c3)C[C@@H]2C)cc1. The summed E-state index contributed by atoms with van der Waals surface area (Å²) in [5.41, 5.74) is 3.95. The second kappa shape index (κ2) is 10.6. The van der Waals surface area contributed by atoms with Crippen molar-refractivity contribution in [2.45, 2.75) is 45.8 Å². The number of para-hydroxylation sites is 1. The van der Waals surface area contributed by atoms with Crippen LogP contribution in [0.5, 0.6) is 5.75 Å². The zero-order valence-electron chi connectivity index (χ0n) is 21.0. The Morgan fingerprint density at radius 1 is 1.00 bits per heavy atom. The number of ether oxygens (including phenoxy) is 1. The van der Waals surface area contributed by atoms with Gasteiger partial charge in [-0.1, -0.05) is 30.3 Å². The summed E-state index contributed by atoms with van der Waals surface area (Å²) in [5, 5.41) is 2.81. The van der Waals surface area contributed by atoms with Crippen LogP contribution in [0.1, 0.15) is 54.7 Å². The molecule has 2 atom stereocenters. The topological polar surface area (TPSA) is 79.0 Å². The molecule has 4 rings (SSSR count). The van der Waals surface area contributed by atoms with Gasteiger partial charge in [-0.2, -0.15) is 0 Å². The normalized spacial score (nSPS) is 16.6. The van der Waals surface area contributed by atoms with Gasteiger partial charge in [-0.3, -0.25) is 14.4 Å². The zero-order chi connectivity index (χ0) is 25.8. The average molecular weight is 486 g/mol. The van der Waals surface area contributed by atoms with E-state index >= 15 is 0 Å². The van der Waals surface area contributed by atoms with Crippen LogP contribution in [0.3, 0.4) is 0 Å². The van der Waals surface area contributed by atoms with Gasteiger partial charge >= 0.3 is 0 Å². The number of fused-ring (bicyclic) bond motifs is 1. The second-order valence-electron chi connectivity index (χ2n) is 9.03. The third-order valence-corrected chi connectivity index (χ3v) is 6.50. The summed E-state index contributed by atoms with van der Waals surface area (Å²) in [6, 6.07) is 22.1. The summed E-state index contributed by atoms with van der Waals surface area (Å²) in [6.07, 6.45) is 0.578. The van der Waals surface area contributed by atoms with Crippen molar-refractivity contribution >= 4 is 29.1 Å². The quantitative estimate of drug-likeness (QED) is 0.541. The summed E-state index contributed by atoms with van der Waals surface area (Å²) in [7, 11) is 1.59. The fourth-order valence-electron chi connectivity index (χ4n) is 4.83. The molecule has 3 amide bonds. The Labute approximate surface area is 211 Å². The molecule has 0 aromatic heterocycles. The van der Waals surface area contributed by atoms with Crippen LogP contribution in [0.15, 0.2) is 72.8 Å². The van der Waals surface area contributed by atoms with E-state index in [0.29, 0.717) is 24.3 Å². The number of carbonyl (C=O) groups excluding carboxylic acids is 3. The molecule has 1 heterocycles. The van der Waals surface area contributed by atoms with Crippen LogP contribution in [0.4, 0.5) is 11.4 Å². The molecular formula is C29H31N3O4. The Hall–Kier alpha value is -4.13. The van der Waals surface area contributed by atoms with E-state index in [4.69, 9.17) is 4.74 Å². The van der Waals surface area contributed by atoms with E-state index in [2.05, 4.69) is 5.32 Å². The van der Waals surface area contributed by atoms with Crippen LogP contribution in [0, 0.1) is 0 Å². The highest BCUT2D eigenvalue weighted by molar-refractivity contribution is 6.07. The van der Waals surface area contributed by atoms with Gasteiger partial charge in [0.15, 0.2) is 0 Å². The number of methoxy groups -OCH3 is 1. The van der Waals surface area contributed by atoms with E-state index in [1.165, 1.54) is 6.92 Å². The Kier molecular flexibility index (Phi) is 7.38. The highest BCUT2D eigenvalue weighted by Gasteiger charge is 2.38. The lowest BCUT2D eigenvalue weighted by Crippen LogP contribution is -2.47.